The Morgan fingerprint density at radius 1 is 1.50 bits per heavy atom. The van der Waals surface area contributed by atoms with Crippen LogP contribution >= 0.6 is 33.9 Å². The second-order valence-corrected chi connectivity index (χ2v) is 5.17. The third-order valence-electron chi connectivity index (χ3n) is 1.54. The second-order valence-electron chi connectivity index (χ2n) is 2.24. The average Bonchev–Trinajstić information content (AvgIpc) is 2.44. The number of fused-ring (bicyclic) bond motifs is 1. The highest BCUT2D eigenvalue weighted by molar-refractivity contribution is 14.1. The van der Waals surface area contributed by atoms with Crippen LogP contribution in [0.4, 0.5) is 5.82 Å². The Balaban J connectivity index is 2.78. The van der Waals surface area contributed by atoms with Crippen molar-refractivity contribution < 1.29 is 0 Å². The highest BCUT2D eigenvalue weighted by Crippen LogP contribution is 2.28. The van der Waals surface area contributed by atoms with Crippen molar-refractivity contribution in [2.45, 2.75) is 0 Å². The Hall–Kier alpha value is -0.430. The van der Waals surface area contributed by atoms with Crippen molar-refractivity contribution in [2.75, 3.05) is 12.4 Å². The Kier molecular flexibility index (Phi) is 2.14. The summed E-state index contributed by atoms with van der Waals surface area (Å²) in [4.78, 5) is 9.33. The second kappa shape index (κ2) is 3.14. The van der Waals surface area contributed by atoms with Gasteiger partial charge in [0, 0.05) is 7.05 Å². The molecule has 0 fully saturated rings. The summed E-state index contributed by atoms with van der Waals surface area (Å²) >= 11 is 3.97. The molecule has 2 aromatic heterocycles. The number of rotatable bonds is 1. The van der Waals surface area contributed by atoms with Crippen molar-refractivity contribution in [1.29, 1.82) is 0 Å². The molecule has 0 aliphatic carbocycles. The van der Waals surface area contributed by atoms with Gasteiger partial charge in [0.25, 0.3) is 0 Å². The smallest absolute Gasteiger partial charge is 0.137 e. The molecular weight excluding hydrogens is 285 g/mol. The standard InChI is InChI=1S/C7H6IN3S/c1-9-6-4-2-5(8)12-7(4)11-3-10-6/h2-3H,1H3,(H,9,10,11). The van der Waals surface area contributed by atoms with Gasteiger partial charge in [0.1, 0.15) is 17.0 Å². The molecule has 0 amide bonds. The summed E-state index contributed by atoms with van der Waals surface area (Å²) in [6.45, 7) is 0. The quantitative estimate of drug-likeness (QED) is 0.820. The first kappa shape index (κ1) is 8.18. The van der Waals surface area contributed by atoms with Crippen LogP contribution in [0.2, 0.25) is 0 Å². The lowest BCUT2D eigenvalue weighted by molar-refractivity contribution is 1.22. The number of hydrogen-bond acceptors (Lipinski definition) is 4. The van der Waals surface area contributed by atoms with Gasteiger partial charge >= 0.3 is 0 Å². The molecule has 1 N–H and O–H groups in total. The van der Waals surface area contributed by atoms with Gasteiger partial charge in [0.05, 0.1) is 8.27 Å². The van der Waals surface area contributed by atoms with Crippen molar-refractivity contribution in [3.63, 3.8) is 0 Å². The van der Waals surface area contributed by atoms with E-state index in [4.69, 9.17) is 0 Å². The van der Waals surface area contributed by atoms with Gasteiger partial charge in [-0.05, 0) is 28.7 Å². The van der Waals surface area contributed by atoms with Crippen LogP contribution in [0.25, 0.3) is 10.2 Å². The van der Waals surface area contributed by atoms with Crippen molar-refractivity contribution >= 4 is 50.0 Å². The van der Waals surface area contributed by atoms with E-state index in [1.165, 1.54) is 2.88 Å². The molecule has 0 aromatic carbocycles. The molecule has 0 atom stereocenters. The van der Waals surface area contributed by atoms with E-state index >= 15 is 0 Å². The van der Waals surface area contributed by atoms with Gasteiger partial charge in [0.15, 0.2) is 0 Å². The molecule has 0 bridgehead atoms. The van der Waals surface area contributed by atoms with Gasteiger partial charge in [-0.3, -0.25) is 0 Å². The van der Waals surface area contributed by atoms with Gasteiger partial charge in [-0.15, -0.1) is 11.3 Å². The van der Waals surface area contributed by atoms with E-state index in [2.05, 4.69) is 43.9 Å². The summed E-state index contributed by atoms with van der Waals surface area (Å²) in [5.41, 5.74) is 0. The number of hydrogen-bond donors (Lipinski definition) is 1. The van der Waals surface area contributed by atoms with Crippen molar-refractivity contribution in [3.05, 3.63) is 15.3 Å². The number of thiophene rings is 1. The molecule has 2 aromatic rings. The van der Waals surface area contributed by atoms with E-state index in [1.807, 2.05) is 7.05 Å². The number of halogens is 1. The maximum atomic E-state index is 4.17. The van der Waals surface area contributed by atoms with Gasteiger partial charge in [-0.1, -0.05) is 0 Å². The van der Waals surface area contributed by atoms with E-state index in [0.717, 1.165) is 16.0 Å². The first-order valence-corrected chi connectivity index (χ1v) is 5.28. The number of aromatic nitrogens is 2. The molecule has 0 saturated carbocycles. The molecular formula is C7H6IN3S. The lowest BCUT2D eigenvalue weighted by atomic mass is 10.4. The van der Waals surface area contributed by atoms with Crippen LogP contribution in [0, 0.1) is 2.88 Å². The summed E-state index contributed by atoms with van der Waals surface area (Å²) in [7, 11) is 1.87. The third kappa shape index (κ3) is 1.27. The van der Waals surface area contributed by atoms with E-state index in [-0.39, 0.29) is 0 Å². The van der Waals surface area contributed by atoms with Crippen LogP contribution in [0.1, 0.15) is 0 Å². The lowest BCUT2D eigenvalue weighted by Gasteiger charge is -1.97. The van der Waals surface area contributed by atoms with Gasteiger partial charge < -0.3 is 5.32 Å². The third-order valence-corrected chi connectivity index (χ3v) is 3.34. The summed E-state index contributed by atoms with van der Waals surface area (Å²) in [5.74, 6) is 0.902. The SMILES string of the molecule is CNc1ncnc2sc(I)cc12. The highest BCUT2D eigenvalue weighted by atomic mass is 127. The summed E-state index contributed by atoms with van der Waals surface area (Å²) in [5, 5.41) is 4.14. The lowest BCUT2D eigenvalue weighted by Crippen LogP contribution is -1.92. The van der Waals surface area contributed by atoms with Crippen LogP contribution in [0.5, 0.6) is 0 Å². The molecule has 0 saturated heterocycles. The minimum atomic E-state index is 0.902. The molecule has 0 aliphatic heterocycles. The van der Waals surface area contributed by atoms with Crippen LogP contribution in [-0.4, -0.2) is 17.0 Å². The predicted octanol–water partition coefficient (Wildman–Crippen LogP) is 2.34. The van der Waals surface area contributed by atoms with Crippen molar-refractivity contribution in [2.24, 2.45) is 0 Å². The number of nitrogens with one attached hydrogen (secondary N) is 1. The molecule has 3 nitrogen and oxygen atoms in total. The van der Waals surface area contributed by atoms with Gasteiger partial charge in [-0.2, -0.15) is 0 Å². The van der Waals surface area contributed by atoms with Crippen LogP contribution < -0.4 is 5.32 Å². The maximum Gasteiger partial charge on any atom is 0.137 e. The number of nitrogens with zero attached hydrogens (tertiary/aromatic N) is 2. The van der Waals surface area contributed by atoms with Crippen LogP contribution in [0.3, 0.4) is 0 Å². The molecule has 2 rings (SSSR count). The Bertz CT molecular complexity index is 412. The van der Waals surface area contributed by atoms with E-state index in [1.54, 1.807) is 17.7 Å². The Morgan fingerprint density at radius 3 is 3.08 bits per heavy atom. The summed E-state index contributed by atoms with van der Waals surface area (Å²) in [6, 6.07) is 2.09. The van der Waals surface area contributed by atoms with Crippen molar-refractivity contribution in [3.8, 4) is 0 Å². The van der Waals surface area contributed by atoms with E-state index in [9.17, 15) is 0 Å². The average molecular weight is 291 g/mol. The minimum Gasteiger partial charge on any atom is -0.373 e. The number of anilines is 1. The zero-order chi connectivity index (χ0) is 8.55. The predicted molar refractivity (Wildman–Crippen MR) is 59.7 cm³/mol. The van der Waals surface area contributed by atoms with E-state index < -0.39 is 0 Å². The molecule has 0 aliphatic rings. The van der Waals surface area contributed by atoms with Gasteiger partial charge in [-0.25, -0.2) is 9.97 Å². The fraction of sp³-hybridized carbons (Fsp3) is 0.143. The monoisotopic (exact) mass is 291 g/mol. The Labute approximate surface area is 87.4 Å². The molecule has 0 spiro atoms. The van der Waals surface area contributed by atoms with Crippen molar-refractivity contribution in [1.82, 2.24) is 9.97 Å². The summed E-state index contributed by atoms with van der Waals surface area (Å²) in [6.07, 6.45) is 1.58. The minimum absolute atomic E-state index is 0.902. The fourth-order valence-electron chi connectivity index (χ4n) is 1.03. The zero-order valence-electron chi connectivity index (χ0n) is 6.34. The summed E-state index contributed by atoms with van der Waals surface area (Å²) < 4.78 is 1.24. The fourth-order valence-corrected chi connectivity index (χ4v) is 2.69. The molecule has 0 radical (unpaired) electrons. The van der Waals surface area contributed by atoms with Crippen LogP contribution in [-0.2, 0) is 0 Å². The zero-order valence-corrected chi connectivity index (χ0v) is 9.31. The van der Waals surface area contributed by atoms with Gasteiger partial charge in [0.2, 0.25) is 0 Å². The normalized spacial score (nSPS) is 10.5. The largest absolute Gasteiger partial charge is 0.373 e. The molecule has 5 heteroatoms. The molecule has 2 heterocycles. The molecule has 62 valence electrons. The Morgan fingerprint density at radius 2 is 2.33 bits per heavy atom. The first-order valence-electron chi connectivity index (χ1n) is 3.39. The topological polar surface area (TPSA) is 37.8 Å². The molecule has 0 unspecified atom stereocenters. The van der Waals surface area contributed by atoms with E-state index in [0.29, 0.717) is 0 Å². The molecule has 12 heavy (non-hydrogen) atoms. The maximum absolute atomic E-state index is 4.17. The highest BCUT2D eigenvalue weighted by Gasteiger charge is 2.04. The first-order chi connectivity index (χ1) is 5.81. The van der Waals surface area contributed by atoms with Crippen LogP contribution in [0.15, 0.2) is 12.4 Å².